The third kappa shape index (κ3) is 1.85. The molecule has 0 aromatic heterocycles. The van der Waals surface area contributed by atoms with Crippen molar-refractivity contribution in [1.82, 2.24) is 5.32 Å². The van der Waals surface area contributed by atoms with Gasteiger partial charge in [0.15, 0.2) is 6.19 Å². The fourth-order valence-electron chi connectivity index (χ4n) is 0.949. The van der Waals surface area contributed by atoms with Gasteiger partial charge in [0.2, 0.25) is 0 Å². The van der Waals surface area contributed by atoms with E-state index in [-0.39, 0.29) is 11.1 Å². The van der Waals surface area contributed by atoms with Gasteiger partial charge in [-0.05, 0) is 18.6 Å². The Morgan fingerprint density at radius 1 is 1.43 bits per heavy atom. The zero-order valence-corrected chi connectivity index (χ0v) is 7.27. The van der Waals surface area contributed by atoms with Crippen molar-refractivity contribution in [1.29, 1.82) is 5.26 Å². The van der Waals surface area contributed by atoms with Crippen LogP contribution in [0, 0.1) is 30.0 Å². The summed E-state index contributed by atoms with van der Waals surface area (Å²) in [7, 11) is 0. The molecule has 14 heavy (non-hydrogen) atoms. The number of rotatable bonds is 1. The number of hydrogen-bond acceptors (Lipinski definition) is 2. The Balaban J connectivity index is 3.17. The summed E-state index contributed by atoms with van der Waals surface area (Å²) in [5.41, 5.74) is -0.195. The summed E-state index contributed by atoms with van der Waals surface area (Å²) in [6, 6.07) is 1.67. The largest absolute Gasteiger partial charge is 0.268 e. The number of nitrogens with one attached hydrogen (secondary N) is 1. The minimum atomic E-state index is -0.985. The van der Waals surface area contributed by atoms with E-state index in [4.69, 9.17) is 5.26 Å². The minimum absolute atomic E-state index is 0.148. The van der Waals surface area contributed by atoms with Gasteiger partial charge >= 0.3 is 0 Å². The molecule has 0 saturated carbocycles. The summed E-state index contributed by atoms with van der Waals surface area (Å²) < 4.78 is 25.8. The first-order chi connectivity index (χ1) is 6.56. The third-order valence-electron chi connectivity index (χ3n) is 1.66. The van der Waals surface area contributed by atoms with Crippen LogP contribution in [0.1, 0.15) is 15.9 Å². The summed E-state index contributed by atoms with van der Waals surface area (Å²) >= 11 is 0. The molecule has 5 heteroatoms. The Labute approximate surface area is 79.0 Å². The van der Waals surface area contributed by atoms with Gasteiger partial charge in [-0.1, -0.05) is 0 Å². The van der Waals surface area contributed by atoms with Crippen LogP contribution < -0.4 is 5.32 Å². The predicted octanol–water partition coefficient (Wildman–Crippen LogP) is 1.48. The molecule has 1 aromatic carbocycles. The summed E-state index contributed by atoms with van der Waals surface area (Å²) in [6.45, 7) is 1.40. The van der Waals surface area contributed by atoms with Crippen LogP contribution in [-0.4, -0.2) is 5.91 Å². The fourth-order valence-corrected chi connectivity index (χ4v) is 0.949. The molecular formula is C9H6F2N2O. The van der Waals surface area contributed by atoms with Crippen LogP contribution in [0.3, 0.4) is 0 Å². The summed E-state index contributed by atoms with van der Waals surface area (Å²) in [5.74, 6) is -2.59. The second-order valence-corrected chi connectivity index (χ2v) is 2.65. The lowest BCUT2D eigenvalue weighted by molar-refractivity contribution is 0.0968. The van der Waals surface area contributed by atoms with Crippen LogP contribution in [0.5, 0.6) is 0 Å². The van der Waals surface area contributed by atoms with Crippen LogP contribution in [0.25, 0.3) is 0 Å². The molecule has 1 N–H and O–H groups in total. The van der Waals surface area contributed by atoms with Crippen LogP contribution in [0.2, 0.25) is 0 Å². The molecule has 0 radical (unpaired) electrons. The molecule has 3 nitrogen and oxygen atoms in total. The normalized spacial score (nSPS) is 9.29. The first kappa shape index (κ1) is 10.1. The number of halogens is 2. The van der Waals surface area contributed by atoms with Gasteiger partial charge in [0.25, 0.3) is 5.91 Å². The Morgan fingerprint density at radius 3 is 2.64 bits per heavy atom. The highest BCUT2D eigenvalue weighted by atomic mass is 19.1. The van der Waals surface area contributed by atoms with Crippen molar-refractivity contribution in [2.45, 2.75) is 6.92 Å². The lowest BCUT2D eigenvalue weighted by Crippen LogP contribution is -2.19. The molecule has 0 saturated heterocycles. The van der Waals surface area contributed by atoms with Crippen molar-refractivity contribution in [2.24, 2.45) is 0 Å². The van der Waals surface area contributed by atoms with Gasteiger partial charge in [-0.2, -0.15) is 5.26 Å². The number of nitrogens with zero attached hydrogens (tertiary/aromatic N) is 1. The van der Waals surface area contributed by atoms with E-state index in [0.717, 1.165) is 6.07 Å². The second kappa shape index (κ2) is 3.83. The molecule has 1 rings (SSSR count). The van der Waals surface area contributed by atoms with Gasteiger partial charge in [0.05, 0.1) is 5.56 Å². The summed E-state index contributed by atoms with van der Waals surface area (Å²) in [5, 5.41) is 9.89. The molecule has 0 bridgehead atoms. The molecule has 1 aromatic rings. The van der Waals surface area contributed by atoms with Crippen molar-refractivity contribution in [3.05, 3.63) is 34.9 Å². The molecule has 0 fully saturated rings. The molecule has 0 aliphatic rings. The quantitative estimate of drug-likeness (QED) is 0.546. The average molecular weight is 196 g/mol. The number of carbonyl (C=O) groups excluding carboxylic acids is 1. The van der Waals surface area contributed by atoms with Gasteiger partial charge in [-0.25, -0.2) is 8.78 Å². The van der Waals surface area contributed by atoms with E-state index in [1.807, 2.05) is 0 Å². The van der Waals surface area contributed by atoms with Crippen LogP contribution in [-0.2, 0) is 0 Å². The van der Waals surface area contributed by atoms with Gasteiger partial charge in [0, 0.05) is 6.07 Å². The van der Waals surface area contributed by atoms with E-state index in [2.05, 4.69) is 0 Å². The molecule has 0 atom stereocenters. The van der Waals surface area contributed by atoms with Gasteiger partial charge in [-0.3, -0.25) is 10.1 Å². The van der Waals surface area contributed by atoms with Crippen molar-refractivity contribution >= 4 is 5.91 Å². The van der Waals surface area contributed by atoms with Crippen LogP contribution in [0.4, 0.5) is 8.78 Å². The lowest BCUT2D eigenvalue weighted by Gasteiger charge is -2.02. The molecule has 0 heterocycles. The van der Waals surface area contributed by atoms with Crippen molar-refractivity contribution in [3.8, 4) is 6.19 Å². The highest BCUT2D eigenvalue weighted by Crippen LogP contribution is 2.13. The topological polar surface area (TPSA) is 52.9 Å². The maximum Gasteiger partial charge on any atom is 0.267 e. The van der Waals surface area contributed by atoms with E-state index in [1.165, 1.54) is 13.1 Å². The Bertz CT molecular complexity index is 424. The molecule has 0 unspecified atom stereocenters. The highest BCUT2D eigenvalue weighted by Gasteiger charge is 2.13. The van der Waals surface area contributed by atoms with Gasteiger partial charge < -0.3 is 0 Å². The maximum absolute atomic E-state index is 13.0. The van der Waals surface area contributed by atoms with Crippen molar-refractivity contribution in [3.63, 3.8) is 0 Å². The van der Waals surface area contributed by atoms with E-state index in [0.29, 0.717) is 6.07 Å². The number of hydrogen-bond donors (Lipinski definition) is 1. The molecular weight excluding hydrogens is 190 g/mol. The third-order valence-corrected chi connectivity index (χ3v) is 1.66. The number of amides is 1. The smallest absolute Gasteiger partial charge is 0.267 e. The van der Waals surface area contributed by atoms with E-state index >= 15 is 0 Å². The maximum atomic E-state index is 13.0. The zero-order valence-electron chi connectivity index (χ0n) is 7.27. The Morgan fingerprint density at radius 2 is 2.07 bits per heavy atom. The summed E-state index contributed by atoms with van der Waals surface area (Å²) in [6.07, 6.45) is 1.37. The van der Waals surface area contributed by atoms with E-state index in [1.54, 1.807) is 5.32 Å². The Hall–Kier alpha value is -1.96. The molecule has 0 aliphatic carbocycles. The molecule has 1 amide bonds. The SMILES string of the molecule is Cc1cc(C(=O)NC#N)c(F)cc1F. The molecule has 0 aliphatic heterocycles. The Kier molecular flexibility index (Phi) is 2.77. The van der Waals surface area contributed by atoms with E-state index in [9.17, 15) is 13.6 Å². The van der Waals surface area contributed by atoms with Crippen LogP contribution in [0.15, 0.2) is 12.1 Å². The number of benzene rings is 1. The van der Waals surface area contributed by atoms with Gasteiger partial charge in [-0.15, -0.1) is 0 Å². The van der Waals surface area contributed by atoms with Crippen molar-refractivity contribution in [2.75, 3.05) is 0 Å². The average Bonchev–Trinajstić information content (AvgIpc) is 2.11. The standard InChI is InChI=1S/C9H6F2N2O/c1-5-2-6(9(14)13-4-12)8(11)3-7(5)10/h2-3H,1H3,(H,13,14). The van der Waals surface area contributed by atoms with Crippen molar-refractivity contribution < 1.29 is 13.6 Å². The minimum Gasteiger partial charge on any atom is -0.268 e. The first-order valence-corrected chi connectivity index (χ1v) is 3.71. The first-order valence-electron chi connectivity index (χ1n) is 3.71. The number of carbonyl (C=O) groups is 1. The highest BCUT2D eigenvalue weighted by molar-refractivity contribution is 5.95. The van der Waals surface area contributed by atoms with E-state index < -0.39 is 17.5 Å². The monoisotopic (exact) mass is 196 g/mol. The number of aryl methyl sites for hydroxylation is 1. The predicted molar refractivity (Wildman–Crippen MR) is 44.2 cm³/mol. The molecule has 0 spiro atoms. The fraction of sp³-hybridized carbons (Fsp3) is 0.111. The lowest BCUT2D eigenvalue weighted by atomic mass is 10.1. The molecule has 72 valence electrons. The van der Waals surface area contributed by atoms with Crippen LogP contribution >= 0.6 is 0 Å². The second-order valence-electron chi connectivity index (χ2n) is 2.65. The van der Waals surface area contributed by atoms with Gasteiger partial charge in [0.1, 0.15) is 11.6 Å². The zero-order chi connectivity index (χ0) is 10.7. The summed E-state index contributed by atoms with van der Waals surface area (Å²) in [4.78, 5) is 11.0. The number of nitriles is 1.